The van der Waals surface area contributed by atoms with Crippen LogP contribution >= 0.6 is 0 Å². The van der Waals surface area contributed by atoms with Crippen molar-refractivity contribution in [2.75, 3.05) is 0 Å². The van der Waals surface area contributed by atoms with Crippen LogP contribution in [0.2, 0.25) is 0 Å². The molecular formula is C13H18O3. The third-order valence-electron chi connectivity index (χ3n) is 2.81. The summed E-state index contributed by atoms with van der Waals surface area (Å²) < 4.78 is 5.62. The first-order chi connectivity index (χ1) is 7.39. The van der Waals surface area contributed by atoms with Gasteiger partial charge in [0.2, 0.25) is 5.60 Å². The van der Waals surface area contributed by atoms with Crippen molar-refractivity contribution in [2.45, 2.75) is 39.7 Å². The normalized spacial score (nSPS) is 14.2. The molecule has 0 aliphatic rings. The van der Waals surface area contributed by atoms with E-state index in [-0.39, 0.29) is 0 Å². The standard InChI is InChI=1S/C13H18O3/c1-5-13(4,12(14)15)16-11-8-9(2)6-7-10(11)3/h6-8H,5H2,1-4H3,(H,14,15). The topological polar surface area (TPSA) is 46.5 Å². The molecule has 88 valence electrons. The van der Waals surface area contributed by atoms with Crippen molar-refractivity contribution in [2.24, 2.45) is 0 Å². The largest absolute Gasteiger partial charge is 0.478 e. The zero-order valence-electron chi connectivity index (χ0n) is 10.2. The summed E-state index contributed by atoms with van der Waals surface area (Å²) in [5, 5.41) is 9.13. The van der Waals surface area contributed by atoms with Crippen molar-refractivity contribution in [3.8, 4) is 5.75 Å². The van der Waals surface area contributed by atoms with Gasteiger partial charge in [0.15, 0.2) is 0 Å². The first kappa shape index (κ1) is 12.6. The minimum Gasteiger partial charge on any atom is -0.478 e. The molecule has 0 bridgehead atoms. The number of rotatable bonds is 4. The van der Waals surface area contributed by atoms with Gasteiger partial charge >= 0.3 is 5.97 Å². The molecule has 1 aromatic rings. The summed E-state index contributed by atoms with van der Waals surface area (Å²) in [6.07, 6.45) is 0.426. The Morgan fingerprint density at radius 3 is 2.56 bits per heavy atom. The maximum absolute atomic E-state index is 11.1. The number of carboxylic acid groups (broad SMARTS) is 1. The molecule has 0 amide bonds. The molecule has 0 fully saturated rings. The Hall–Kier alpha value is -1.51. The lowest BCUT2D eigenvalue weighted by Crippen LogP contribution is -2.40. The number of aliphatic carboxylic acids is 1. The Labute approximate surface area is 96.1 Å². The van der Waals surface area contributed by atoms with Crippen molar-refractivity contribution in [1.29, 1.82) is 0 Å². The second-order valence-electron chi connectivity index (χ2n) is 4.26. The Morgan fingerprint density at radius 1 is 1.44 bits per heavy atom. The summed E-state index contributed by atoms with van der Waals surface area (Å²) in [5.74, 6) is -0.289. The monoisotopic (exact) mass is 222 g/mol. The van der Waals surface area contributed by atoms with Gasteiger partial charge in [-0.2, -0.15) is 0 Å². The van der Waals surface area contributed by atoms with E-state index in [2.05, 4.69) is 0 Å². The third-order valence-corrected chi connectivity index (χ3v) is 2.81. The molecule has 0 spiro atoms. The molecule has 1 aromatic carbocycles. The smallest absolute Gasteiger partial charge is 0.347 e. The molecule has 0 saturated carbocycles. The average Bonchev–Trinajstić information content (AvgIpc) is 2.23. The highest BCUT2D eigenvalue weighted by molar-refractivity contribution is 5.77. The molecule has 0 aliphatic heterocycles. The van der Waals surface area contributed by atoms with Crippen LogP contribution in [0.15, 0.2) is 18.2 Å². The van der Waals surface area contributed by atoms with Crippen LogP contribution in [0.25, 0.3) is 0 Å². The highest BCUT2D eigenvalue weighted by Crippen LogP contribution is 2.26. The fourth-order valence-electron chi connectivity index (χ4n) is 1.33. The summed E-state index contributed by atoms with van der Waals surface area (Å²) in [4.78, 5) is 11.1. The van der Waals surface area contributed by atoms with Gasteiger partial charge in [-0.05, 0) is 44.4 Å². The Bertz CT molecular complexity index is 398. The van der Waals surface area contributed by atoms with E-state index in [0.29, 0.717) is 12.2 Å². The predicted octanol–water partition coefficient (Wildman–Crippen LogP) is 2.94. The van der Waals surface area contributed by atoms with E-state index >= 15 is 0 Å². The van der Waals surface area contributed by atoms with Gasteiger partial charge in [0.05, 0.1) is 0 Å². The second-order valence-corrected chi connectivity index (χ2v) is 4.26. The van der Waals surface area contributed by atoms with Gasteiger partial charge in [0.1, 0.15) is 5.75 Å². The number of aryl methyl sites for hydroxylation is 2. The fourth-order valence-corrected chi connectivity index (χ4v) is 1.33. The van der Waals surface area contributed by atoms with E-state index in [1.807, 2.05) is 32.0 Å². The van der Waals surface area contributed by atoms with Crippen molar-refractivity contribution in [3.05, 3.63) is 29.3 Å². The molecule has 0 radical (unpaired) electrons. The summed E-state index contributed by atoms with van der Waals surface area (Å²) in [6.45, 7) is 7.26. The van der Waals surface area contributed by atoms with Crippen LogP contribution in [-0.4, -0.2) is 16.7 Å². The highest BCUT2D eigenvalue weighted by Gasteiger charge is 2.33. The molecule has 0 aromatic heterocycles. The van der Waals surface area contributed by atoms with Crippen molar-refractivity contribution in [1.82, 2.24) is 0 Å². The maximum Gasteiger partial charge on any atom is 0.347 e. The molecule has 1 atom stereocenters. The summed E-state index contributed by atoms with van der Waals surface area (Å²) >= 11 is 0. The van der Waals surface area contributed by atoms with Gasteiger partial charge in [-0.3, -0.25) is 0 Å². The van der Waals surface area contributed by atoms with Crippen LogP contribution < -0.4 is 4.74 Å². The van der Waals surface area contributed by atoms with Crippen LogP contribution in [0.5, 0.6) is 5.75 Å². The number of carboxylic acids is 1. The number of hydrogen-bond acceptors (Lipinski definition) is 2. The molecule has 1 N–H and O–H groups in total. The van der Waals surface area contributed by atoms with Crippen LogP contribution in [0.4, 0.5) is 0 Å². The summed E-state index contributed by atoms with van der Waals surface area (Å²) in [5.41, 5.74) is 0.856. The van der Waals surface area contributed by atoms with Crippen molar-refractivity contribution >= 4 is 5.97 Å². The minimum atomic E-state index is -1.15. The Kier molecular flexibility index (Phi) is 3.58. The molecule has 0 aliphatic carbocycles. The van der Waals surface area contributed by atoms with Gasteiger partial charge in [-0.1, -0.05) is 19.1 Å². The molecule has 0 saturated heterocycles. The zero-order valence-corrected chi connectivity index (χ0v) is 10.2. The van der Waals surface area contributed by atoms with E-state index in [0.717, 1.165) is 11.1 Å². The molecular weight excluding hydrogens is 204 g/mol. The van der Waals surface area contributed by atoms with Crippen molar-refractivity contribution in [3.63, 3.8) is 0 Å². The number of hydrogen-bond donors (Lipinski definition) is 1. The van der Waals surface area contributed by atoms with E-state index < -0.39 is 11.6 Å². The molecule has 16 heavy (non-hydrogen) atoms. The lowest BCUT2D eigenvalue weighted by Gasteiger charge is -2.26. The van der Waals surface area contributed by atoms with E-state index in [4.69, 9.17) is 9.84 Å². The summed E-state index contributed by atoms with van der Waals surface area (Å²) in [7, 11) is 0. The third kappa shape index (κ3) is 2.54. The van der Waals surface area contributed by atoms with Crippen LogP contribution in [0.1, 0.15) is 31.4 Å². The van der Waals surface area contributed by atoms with Gasteiger partial charge in [-0.15, -0.1) is 0 Å². The van der Waals surface area contributed by atoms with Crippen LogP contribution in [0.3, 0.4) is 0 Å². The maximum atomic E-state index is 11.1. The van der Waals surface area contributed by atoms with Gasteiger partial charge < -0.3 is 9.84 Å². The van der Waals surface area contributed by atoms with Gasteiger partial charge in [-0.25, -0.2) is 4.79 Å². The van der Waals surface area contributed by atoms with Gasteiger partial charge in [0.25, 0.3) is 0 Å². The van der Waals surface area contributed by atoms with E-state index in [9.17, 15) is 4.79 Å². The predicted molar refractivity (Wildman–Crippen MR) is 62.9 cm³/mol. The molecule has 3 nitrogen and oxygen atoms in total. The summed E-state index contributed by atoms with van der Waals surface area (Å²) in [6, 6.07) is 5.78. The van der Waals surface area contributed by atoms with Crippen LogP contribution in [0, 0.1) is 13.8 Å². The number of carbonyl (C=O) groups is 1. The zero-order chi connectivity index (χ0) is 12.3. The molecule has 1 rings (SSSR count). The Morgan fingerprint density at radius 2 is 2.06 bits per heavy atom. The van der Waals surface area contributed by atoms with E-state index in [1.54, 1.807) is 13.8 Å². The van der Waals surface area contributed by atoms with Gasteiger partial charge in [0, 0.05) is 0 Å². The average molecular weight is 222 g/mol. The molecule has 1 unspecified atom stereocenters. The molecule has 3 heteroatoms. The Balaban J connectivity index is 3.03. The first-order valence-electron chi connectivity index (χ1n) is 5.38. The van der Waals surface area contributed by atoms with Crippen molar-refractivity contribution < 1.29 is 14.6 Å². The first-order valence-corrected chi connectivity index (χ1v) is 5.38. The fraction of sp³-hybridized carbons (Fsp3) is 0.462. The minimum absolute atomic E-state index is 0.426. The highest BCUT2D eigenvalue weighted by atomic mass is 16.5. The second kappa shape index (κ2) is 4.56. The number of ether oxygens (including phenoxy) is 1. The number of benzene rings is 1. The van der Waals surface area contributed by atoms with E-state index in [1.165, 1.54) is 0 Å². The van der Waals surface area contributed by atoms with Crippen LogP contribution in [-0.2, 0) is 4.79 Å². The quantitative estimate of drug-likeness (QED) is 0.852. The lowest BCUT2D eigenvalue weighted by molar-refractivity contribution is -0.154. The SMILES string of the molecule is CCC(C)(Oc1cc(C)ccc1C)C(=O)O. The molecule has 0 heterocycles. The lowest BCUT2D eigenvalue weighted by atomic mass is 10.0.